The predicted molar refractivity (Wildman–Crippen MR) is 77.4 cm³/mol. The molecule has 1 unspecified atom stereocenters. The number of aromatic amines is 1. The largest absolute Gasteiger partial charge is 0.271 e. The van der Waals surface area contributed by atoms with Crippen molar-refractivity contribution in [3.05, 3.63) is 72.1 Å². The third-order valence-corrected chi connectivity index (χ3v) is 3.25. The van der Waals surface area contributed by atoms with E-state index in [1.54, 1.807) is 6.20 Å². The second kappa shape index (κ2) is 5.64. The Morgan fingerprint density at radius 2 is 1.65 bits per heavy atom. The Morgan fingerprint density at radius 1 is 0.950 bits per heavy atom. The lowest BCUT2D eigenvalue weighted by Crippen LogP contribution is -2.29. The minimum atomic E-state index is -0.168. The number of hydrazine groups is 1. The molecule has 100 valence electrons. The summed E-state index contributed by atoms with van der Waals surface area (Å²) < 4.78 is 0. The molecule has 0 radical (unpaired) electrons. The van der Waals surface area contributed by atoms with E-state index in [0.29, 0.717) is 0 Å². The zero-order valence-corrected chi connectivity index (χ0v) is 10.8. The first-order valence-corrected chi connectivity index (χ1v) is 6.35. The molecule has 0 amide bonds. The standard InChI is InChI=1S/C15H15N5/c16-18-15(14-10-17-20-19-14)13-8-6-12(7-9-13)11-4-2-1-3-5-11/h1-10,15,18H,16H2,(H,17,19,20). The zero-order chi connectivity index (χ0) is 13.8. The minimum absolute atomic E-state index is 0.168. The summed E-state index contributed by atoms with van der Waals surface area (Å²) in [6, 6.07) is 18.3. The fraction of sp³-hybridized carbons (Fsp3) is 0.0667. The van der Waals surface area contributed by atoms with Gasteiger partial charge in [-0.1, -0.05) is 54.6 Å². The van der Waals surface area contributed by atoms with Crippen LogP contribution in [0.2, 0.25) is 0 Å². The smallest absolute Gasteiger partial charge is 0.105 e. The Hall–Kier alpha value is -2.50. The summed E-state index contributed by atoms with van der Waals surface area (Å²) in [5, 5.41) is 10.5. The molecule has 3 rings (SSSR count). The quantitative estimate of drug-likeness (QED) is 0.498. The molecule has 1 atom stereocenters. The van der Waals surface area contributed by atoms with Gasteiger partial charge in [0.2, 0.25) is 0 Å². The van der Waals surface area contributed by atoms with Crippen LogP contribution in [0.25, 0.3) is 11.1 Å². The van der Waals surface area contributed by atoms with Gasteiger partial charge in [-0.15, -0.1) is 0 Å². The SMILES string of the molecule is NNC(c1ccc(-c2ccccc2)cc1)c1cn[nH]n1. The molecule has 0 bridgehead atoms. The molecule has 0 saturated heterocycles. The molecule has 0 aliphatic carbocycles. The molecule has 0 aliphatic rings. The van der Waals surface area contributed by atoms with Crippen molar-refractivity contribution < 1.29 is 0 Å². The van der Waals surface area contributed by atoms with Crippen LogP contribution < -0.4 is 11.3 Å². The molecular formula is C15H15N5. The van der Waals surface area contributed by atoms with Crippen molar-refractivity contribution >= 4 is 0 Å². The lowest BCUT2D eigenvalue weighted by atomic mass is 10.00. The van der Waals surface area contributed by atoms with E-state index in [4.69, 9.17) is 5.84 Å². The molecule has 0 spiro atoms. The van der Waals surface area contributed by atoms with Crippen molar-refractivity contribution in [1.82, 2.24) is 20.8 Å². The molecular weight excluding hydrogens is 250 g/mol. The number of nitrogens with two attached hydrogens (primary N) is 1. The molecule has 4 N–H and O–H groups in total. The van der Waals surface area contributed by atoms with Crippen LogP contribution in [0.1, 0.15) is 17.3 Å². The number of nitrogens with one attached hydrogen (secondary N) is 2. The summed E-state index contributed by atoms with van der Waals surface area (Å²) in [5.41, 5.74) is 6.93. The highest BCUT2D eigenvalue weighted by Gasteiger charge is 2.14. The van der Waals surface area contributed by atoms with Gasteiger partial charge in [0.05, 0.1) is 12.2 Å². The zero-order valence-electron chi connectivity index (χ0n) is 10.8. The third-order valence-electron chi connectivity index (χ3n) is 3.25. The van der Waals surface area contributed by atoms with Gasteiger partial charge >= 0.3 is 0 Å². The van der Waals surface area contributed by atoms with Crippen LogP contribution in [-0.2, 0) is 0 Å². The van der Waals surface area contributed by atoms with E-state index >= 15 is 0 Å². The maximum Gasteiger partial charge on any atom is 0.105 e. The summed E-state index contributed by atoms with van der Waals surface area (Å²) in [4.78, 5) is 0. The van der Waals surface area contributed by atoms with E-state index in [1.807, 2.05) is 30.3 Å². The van der Waals surface area contributed by atoms with Crippen LogP contribution in [0.5, 0.6) is 0 Å². The Kier molecular flexibility index (Phi) is 3.54. The van der Waals surface area contributed by atoms with Crippen molar-refractivity contribution in [2.75, 3.05) is 0 Å². The van der Waals surface area contributed by atoms with Gasteiger partial charge in [0.15, 0.2) is 0 Å². The molecule has 5 heteroatoms. The summed E-state index contributed by atoms with van der Waals surface area (Å²) in [6.07, 6.45) is 1.66. The number of benzene rings is 2. The first-order valence-electron chi connectivity index (χ1n) is 6.35. The molecule has 0 fully saturated rings. The van der Waals surface area contributed by atoms with Crippen LogP contribution in [0.3, 0.4) is 0 Å². The topological polar surface area (TPSA) is 79.6 Å². The van der Waals surface area contributed by atoms with Crippen molar-refractivity contribution in [2.24, 2.45) is 5.84 Å². The van der Waals surface area contributed by atoms with Crippen molar-refractivity contribution in [3.63, 3.8) is 0 Å². The van der Waals surface area contributed by atoms with Crippen molar-refractivity contribution in [3.8, 4) is 11.1 Å². The normalized spacial score (nSPS) is 12.2. The third kappa shape index (κ3) is 2.45. The molecule has 20 heavy (non-hydrogen) atoms. The summed E-state index contributed by atoms with van der Waals surface area (Å²) in [5.74, 6) is 5.61. The van der Waals surface area contributed by atoms with Crippen LogP contribution in [-0.4, -0.2) is 15.4 Å². The molecule has 2 aromatic carbocycles. The van der Waals surface area contributed by atoms with Gasteiger partial charge in [-0.2, -0.15) is 15.4 Å². The second-order valence-electron chi connectivity index (χ2n) is 4.48. The van der Waals surface area contributed by atoms with E-state index in [9.17, 15) is 0 Å². The first kappa shape index (κ1) is 12.5. The van der Waals surface area contributed by atoms with Crippen LogP contribution in [0.4, 0.5) is 0 Å². The number of nitrogens with zero attached hydrogens (tertiary/aromatic N) is 2. The highest BCUT2D eigenvalue weighted by molar-refractivity contribution is 5.63. The molecule has 5 nitrogen and oxygen atoms in total. The van der Waals surface area contributed by atoms with Gasteiger partial charge in [-0.05, 0) is 16.7 Å². The fourth-order valence-corrected chi connectivity index (χ4v) is 2.20. The van der Waals surface area contributed by atoms with Gasteiger partial charge in [0.25, 0.3) is 0 Å². The Balaban J connectivity index is 1.89. The maximum absolute atomic E-state index is 5.61. The molecule has 3 aromatic rings. The van der Waals surface area contributed by atoms with Gasteiger partial charge in [-0.3, -0.25) is 5.84 Å². The maximum atomic E-state index is 5.61. The Morgan fingerprint density at radius 3 is 2.25 bits per heavy atom. The second-order valence-corrected chi connectivity index (χ2v) is 4.48. The lowest BCUT2D eigenvalue weighted by Gasteiger charge is -2.13. The van der Waals surface area contributed by atoms with E-state index in [2.05, 4.69) is 45.1 Å². The Labute approximate surface area is 116 Å². The van der Waals surface area contributed by atoms with Crippen molar-refractivity contribution in [1.29, 1.82) is 0 Å². The highest BCUT2D eigenvalue weighted by Crippen LogP contribution is 2.23. The molecule has 0 aliphatic heterocycles. The summed E-state index contributed by atoms with van der Waals surface area (Å²) in [6.45, 7) is 0. The number of aromatic nitrogens is 3. The summed E-state index contributed by atoms with van der Waals surface area (Å²) in [7, 11) is 0. The van der Waals surface area contributed by atoms with Gasteiger partial charge in [-0.25, -0.2) is 5.43 Å². The predicted octanol–water partition coefficient (Wildman–Crippen LogP) is 2.02. The first-order chi connectivity index (χ1) is 9.88. The monoisotopic (exact) mass is 265 g/mol. The fourth-order valence-electron chi connectivity index (χ4n) is 2.20. The molecule has 1 aromatic heterocycles. The number of H-pyrrole nitrogens is 1. The van der Waals surface area contributed by atoms with Crippen LogP contribution >= 0.6 is 0 Å². The van der Waals surface area contributed by atoms with Gasteiger partial charge < -0.3 is 0 Å². The number of hydrogen-bond donors (Lipinski definition) is 3. The van der Waals surface area contributed by atoms with Crippen LogP contribution in [0.15, 0.2) is 60.8 Å². The molecule has 0 saturated carbocycles. The number of rotatable bonds is 4. The molecule has 1 heterocycles. The average molecular weight is 265 g/mol. The van der Waals surface area contributed by atoms with Gasteiger partial charge in [0.1, 0.15) is 5.69 Å². The van der Waals surface area contributed by atoms with E-state index < -0.39 is 0 Å². The highest BCUT2D eigenvalue weighted by atomic mass is 15.3. The van der Waals surface area contributed by atoms with E-state index in [-0.39, 0.29) is 6.04 Å². The van der Waals surface area contributed by atoms with Crippen LogP contribution in [0, 0.1) is 0 Å². The minimum Gasteiger partial charge on any atom is -0.271 e. The number of hydrogen-bond acceptors (Lipinski definition) is 4. The van der Waals surface area contributed by atoms with E-state index in [1.165, 1.54) is 11.1 Å². The van der Waals surface area contributed by atoms with E-state index in [0.717, 1.165) is 11.3 Å². The lowest BCUT2D eigenvalue weighted by molar-refractivity contribution is 0.618. The Bertz CT molecular complexity index is 647. The van der Waals surface area contributed by atoms with Crippen molar-refractivity contribution in [2.45, 2.75) is 6.04 Å². The average Bonchev–Trinajstić information content (AvgIpc) is 3.04. The van der Waals surface area contributed by atoms with Gasteiger partial charge in [0, 0.05) is 0 Å². The summed E-state index contributed by atoms with van der Waals surface area (Å²) >= 11 is 0.